The molecular formula is C20H25N3O6S2. The molecule has 1 amide bonds. The number of ether oxygens (including phenoxy) is 1. The molecule has 3 rings (SSSR count). The maximum Gasteiger partial charge on any atom is 0.257 e. The van der Waals surface area contributed by atoms with Gasteiger partial charge in [0.15, 0.2) is 0 Å². The molecule has 0 aliphatic carbocycles. The van der Waals surface area contributed by atoms with Crippen molar-refractivity contribution in [2.24, 2.45) is 0 Å². The quantitative estimate of drug-likeness (QED) is 0.667. The Morgan fingerprint density at radius 3 is 2.32 bits per heavy atom. The van der Waals surface area contributed by atoms with Gasteiger partial charge in [0, 0.05) is 20.1 Å². The Hall–Kier alpha value is -2.63. The Kier molecular flexibility index (Phi) is 6.58. The van der Waals surface area contributed by atoms with Crippen molar-refractivity contribution in [1.82, 2.24) is 4.31 Å². The van der Waals surface area contributed by atoms with E-state index in [0.29, 0.717) is 13.1 Å². The minimum Gasteiger partial charge on any atom is -0.495 e. The molecule has 0 radical (unpaired) electrons. The van der Waals surface area contributed by atoms with Crippen LogP contribution in [-0.2, 0) is 20.0 Å². The molecule has 0 bridgehead atoms. The maximum absolute atomic E-state index is 13.0. The largest absolute Gasteiger partial charge is 0.495 e. The molecule has 2 aromatic carbocycles. The molecule has 2 aromatic rings. The van der Waals surface area contributed by atoms with Crippen molar-refractivity contribution < 1.29 is 26.4 Å². The Morgan fingerprint density at radius 1 is 1.06 bits per heavy atom. The summed E-state index contributed by atoms with van der Waals surface area (Å²) in [7, 11) is -4.52. The number of para-hydroxylation sites is 1. The predicted molar refractivity (Wildman–Crippen MR) is 119 cm³/mol. The topological polar surface area (TPSA) is 113 Å². The number of benzene rings is 2. The van der Waals surface area contributed by atoms with E-state index in [1.807, 2.05) is 0 Å². The summed E-state index contributed by atoms with van der Waals surface area (Å²) in [5.74, 6) is -0.317. The van der Waals surface area contributed by atoms with Crippen molar-refractivity contribution in [2.75, 3.05) is 43.1 Å². The molecule has 0 aromatic heterocycles. The fourth-order valence-corrected chi connectivity index (χ4v) is 5.39. The molecular weight excluding hydrogens is 442 g/mol. The van der Waals surface area contributed by atoms with Crippen LogP contribution in [0, 0.1) is 0 Å². The minimum absolute atomic E-state index is 0.0482. The summed E-state index contributed by atoms with van der Waals surface area (Å²) in [6.45, 7) is 0.919. The average molecular weight is 468 g/mol. The van der Waals surface area contributed by atoms with Gasteiger partial charge in [-0.25, -0.2) is 16.8 Å². The normalized spacial score (nSPS) is 14.9. The first-order valence-corrected chi connectivity index (χ1v) is 12.9. The second kappa shape index (κ2) is 8.85. The van der Waals surface area contributed by atoms with Crippen molar-refractivity contribution in [3.05, 3.63) is 48.0 Å². The lowest BCUT2D eigenvalue weighted by Crippen LogP contribution is -2.28. The summed E-state index contributed by atoms with van der Waals surface area (Å²) in [4.78, 5) is 13.1. The van der Waals surface area contributed by atoms with Crippen LogP contribution in [0.1, 0.15) is 23.2 Å². The lowest BCUT2D eigenvalue weighted by Gasteiger charge is -2.20. The van der Waals surface area contributed by atoms with E-state index >= 15 is 0 Å². The van der Waals surface area contributed by atoms with Gasteiger partial charge in [-0.15, -0.1) is 0 Å². The zero-order valence-electron chi connectivity index (χ0n) is 17.5. The summed E-state index contributed by atoms with van der Waals surface area (Å²) in [5.41, 5.74) is 0.483. The zero-order valence-corrected chi connectivity index (χ0v) is 19.2. The minimum atomic E-state index is -3.69. The molecule has 1 aliphatic rings. The van der Waals surface area contributed by atoms with Crippen LogP contribution in [0.15, 0.2) is 47.4 Å². The molecule has 0 unspecified atom stereocenters. The number of amides is 1. The number of nitrogens with one attached hydrogen (secondary N) is 1. The Balaban J connectivity index is 1.97. The van der Waals surface area contributed by atoms with Crippen LogP contribution in [0.3, 0.4) is 0 Å². The van der Waals surface area contributed by atoms with Gasteiger partial charge in [0.05, 0.1) is 35.2 Å². The van der Waals surface area contributed by atoms with E-state index in [1.54, 1.807) is 12.1 Å². The molecule has 1 fully saturated rings. The number of carbonyl (C=O) groups is 1. The molecule has 0 saturated carbocycles. The van der Waals surface area contributed by atoms with Crippen LogP contribution in [0.4, 0.5) is 11.4 Å². The molecule has 168 valence electrons. The number of carbonyl (C=O) groups excluding carboxylic acids is 1. The summed E-state index contributed by atoms with van der Waals surface area (Å²) < 4.78 is 57.4. The van der Waals surface area contributed by atoms with E-state index in [1.165, 1.54) is 48.8 Å². The first-order chi connectivity index (χ1) is 14.6. The van der Waals surface area contributed by atoms with E-state index in [9.17, 15) is 21.6 Å². The van der Waals surface area contributed by atoms with Crippen LogP contribution < -0.4 is 14.4 Å². The van der Waals surface area contributed by atoms with E-state index in [4.69, 9.17) is 4.74 Å². The fourth-order valence-electron chi connectivity index (χ4n) is 3.33. The predicted octanol–water partition coefficient (Wildman–Crippen LogP) is 2.13. The van der Waals surface area contributed by atoms with E-state index < -0.39 is 26.0 Å². The van der Waals surface area contributed by atoms with E-state index in [-0.39, 0.29) is 27.6 Å². The second-order valence-electron chi connectivity index (χ2n) is 7.18. The third kappa shape index (κ3) is 4.83. The molecule has 31 heavy (non-hydrogen) atoms. The van der Waals surface area contributed by atoms with Gasteiger partial charge in [0.1, 0.15) is 5.75 Å². The molecule has 1 heterocycles. The van der Waals surface area contributed by atoms with Gasteiger partial charge in [0.25, 0.3) is 5.91 Å². The standard InChI is InChI=1S/C20H25N3O6S2/c1-22(30(3,25)26)18-9-5-4-8-16(18)20(24)21-17-14-15(10-11-19(17)29-2)31(27,28)23-12-6-7-13-23/h4-5,8-11,14H,6-7,12-13H2,1-3H3,(H,21,24). The van der Waals surface area contributed by atoms with Gasteiger partial charge in [-0.1, -0.05) is 12.1 Å². The van der Waals surface area contributed by atoms with Gasteiger partial charge >= 0.3 is 0 Å². The zero-order chi connectivity index (χ0) is 22.8. The first-order valence-electron chi connectivity index (χ1n) is 9.58. The van der Waals surface area contributed by atoms with Crippen LogP contribution in [0.25, 0.3) is 0 Å². The highest BCUT2D eigenvalue weighted by atomic mass is 32.2. The van der Waals surface area contributed by atoms with E-state index in [2.05, 4.69) is 5.32 Å². The fraction of sp³-hybridized carbons (Fsp3) is 0.350. The molecule has 1 aliphatic heterocycles. The number of hydrogen-bond donors (Lipinski definition) is 1. The number of methoxy groups -OCH3 is 1. The molecule has 1 N–H and O–H groups in total. The van der Waals surface area contributed by atoms with E-state index in [0.717, 1.165) is 23.4 Å². The summed E-state index contributed by atoms with van der Waals surface area (Å²) in [5, 5.41) is 2.66. The van der Waals surface area contributed by atoms with Gasteiger partial charge in [-0.05, 0) is 43.2 Å². The summed E-state index contributed by atoms with van der Waals surface area (Å²) in [6.07, 6.45) is 2.66. The smallest absolute Gasteiger partial charge is 0.257 e. The summed E-state index contributed by atoms with van der Waals surface area (Å²) in [6, 6.07) is 10.5. The number of sulfonamides is 2. The second-order valence-corrected chi connectivity index (χ2v) is 11.1. The van der Waals surface area contributed by atoms with Crippen LogP contribution >= 0.6 is 0 Å². The van der Waals surface area contributed by atoms with Crippen molar-refractivity contribution in [3.63, 3.8) is 0 Å². The monoisotopic (exact) mass is 467 g/mol. The lowest BCUT2D eigenvalue weighted by molar-refractivity contribution is 0.102. The molecule has 11 heteroatoms. The highest BCUT2D eigenvalue weighted by Gasteiger charge is 2.28. The Bertz CT molecular complexity index is 1190. The number of rotatable bonds is 7. The lowest BCUT2D eigenvalue weighted by atomic mass is 10.1. The van der Waals surface area contributed by atoms with Crippen molar-refractivity contribution in [1.29, 1.82) is 0 Å². The average Bonchev–Trinajstić information content (AvgIpc) is 3.28. The molecule has 0 atom stereocenters. The SMILES string of the molecule is COc1ccc(S(=O)(=O)N2CCCC2)cc1NC(=O)c1ccccc1N(C)S(C)(=O)=O. The third-order valence-corrected chi connectivity index (χ3v) is 8.19. The maximum atomic E-state index is 13.0. The van der Waals surface area contributed by atoms with Gasteiger partial charge in [-0.2, -0.15) is 4.31 Å². The van der Waals surface area contributed by atoms with Gasteiger partial charge in [0.2, 0.25) is 20.0 Å². The highest BCUT2D eigenvalue weighted by Crippen LogP contribution is 2.31. The number of hydrogen-bond acceptors (Lipinski definition) is 6. The van der Waals surface area contributed by atoms with Crippen LogP contribution in [0.5, 0.6) is 5.75 Å². The van der Waals surface area contributed by atoms with Crippen molar-refractivity contribution >= 4 is 37.3 Å². The Labute approximate surface area is 182 Å². The summed E-state index contributed by atoms with van der Waals surface area (Å²) >= 11 is 0. The highest BCUT2D eigenvalue weighted by molar-refractivity contribution is 7.92. The van der Waals surface area contributed by atoms with Crippen molar-refractivity contribution in [3.8, 4) is 5.75 Å². The number of nitrogens with zero attached hydrogens (tertiary/aromatic N) is 2. The molecule has 1 saturated heterocycles. The molecule has 9 nitrogen and oxygen atoms in total. The van der Waals surface area contributed by atoms with Gasteiger partial charge in [-0.3, -0.25) is 9.10 Å². The third-order valence-electron chi connectivity index (χ3n) is 5.11. The molecule has 0 spiro atoms. The first kappa shape index (κ1) is 23.0. The van der Waals surface area contributed by atoms with Crippen LogP contribution in [-0.4, -0.2) is 60.6 Å². The van der Waals surface area contributed by atoms with Gasteiger partial charge < -0.3 is 10.1 Å². The number of anilines is 2. The van der Waals surface area contributed by atoms with Crippen LogP contribution in [0.2, 0.25) is 0 Å². The van der Waals surface area contributed by atoms with Crippen molar-refractivity contribution in [2.45, 2.75) is 17.7 Å². The Morgan fingerprint density at radius 2 is 1.71 bits per heavy atom.